The monoisotopic (exact) mass is 296 g/mol. The first kappa shape index (κ1) is 15.3. The van der Waals surface area contributed by atoms with Crippen LogP contribution in [-0.2, 0) is 0 Å². The second kappa shape index (κ2) is 3.62. The topological polar surface area (TPSA) is 0 Å². The molecular formula is C7H3F11. The minimum atomic E-state index is -6.06. The predicted octanol–water partition coefficient (Wildman–Crippen LogP) is 4.17. The van der Waals surface area contributed by atoms with Crippen molar-refractivity contribution in [1.29, 1.82) is 0 Å². The van der Waals surface area contributed by atoms with E-state index in [4.69, 9.17) is 0 Å². The fraction of sp³-hybridized carbons (Fsp3) is 1.00. The van der Waals surface area contributed by atoms with Crippen molar-refractivity contribution in [1.82, 2.24) is 0 Å². The van der Waals surface area contributed by atoms with Gasteiger partial charge in [-0.05, 0) is 0 Å². The van der Waals surface area contributed by atoms with Crippen LogP contribution >= 0.6 is 0 Å². The van der Waals surface area contributed by atoms with Crippen LogP contribution < -0.4 is 0 Å². The molecule has 0 aliphatic heterocycles. The zero-order valence-electron chi connectivity index (χ0n) is 7.89. The lowest BCUT2D eigenvalue weighted by Crippen LogP contribution is -2.70. The van der Waals surface area contributed by atoms with E-state index in [1.807, 2.05) is 0 Å². The third-order valence-corrected chi connectivity index (χ3v) is 2.63. The SMILES string of the molecule is FC(F)(F)C1C(C(F)(F)F)C(F)(F)C1C(F)(F)F. The summed E-state index contributed by atoms with van der Waals surface area (Å²) in [5.74, 6) is -18.4. The largest absolute Gasteiger partial charge is 0.398 e. The van der Waals surface area contributed by atoms with Crippen molar-refractivity contribution in [3.05, 3.63) is 0 Å². The van der Waals surface area contributed by atoms with E-state index in [1.54, 1.807) is 0 Å². The molecule has 0 amide bonds. The van der Waals surface area contributed by atoms with Crippen LogP contribution in [0.2, 0.25) is 0 Å². The molecule has 2 unspecified atom stereocenters. The van der Waals surface area contributed by atoms with Crippen molar-refractivity contribution in [2.75, 3.05) is 0 Å². The lowest BCUT2D eigenvalue weighted by Gasteiger charge is -2.52. The van der Waals surface area contributed by atoms with Crippen LogP contribution in [0.5, 0.6) is 0 Å². The smallest absolute Gasteiger partial charge is 0.205 e. The molecule has 0 aromatic heterocycles. The minimum Gasteiger partial charge on any atom is -0.205 e. The van der Waals surface area contributed by atoms with Gasteiger partial charge >= 0.3 is 18.5 Å². The molecule has 1 aliphatic rings. The van der Waals surface area contributed by atoms with Crippen molar-refractivity contribution in [3.8, 4) is 0 Å². The van der Waals surface area contributed by atoms with Gasteiger partial charge in [0.2, 0.25) is 0 Å². The highest BCUT2D eigenvalue weighted by Gasteiger charge is 2.85. The maximum absolute atomic E-state index is 12.7. The summed E-state index contributed by atoms with van der Waals surface area (Å²) in [6.07, 6.45) is -18.1. The van der Waals surface area contributed by atoms with Gasteiger partial charge in [0.25, 0.3) is 5.92 Å². The molecule has 1 saturated carbocycles. The molecule has 1 fully saturated rings. The van der Waals surface area contributed by atoms with Crippen LogP contribution in [-0.4, -0.2) is 24.5 Å². The summed E-state index contributed by atoms with van der Waals surface area (Å²) in [4.78, 5) is 0. The minimum absolute atomic E-state index is 4.17. The normalized spacial score (nSPS) is 33.2. The molecule has 11 heteroatoms. The Hall–Kier alpha value is -0.770. The van der Waals surface area contributed by atoms with Gasteiger partial charge in [0.05, 0.1) is 5.92 Å². The maximum atomic E-state index is 12.7. The summed E-state index contributed by atoms with van der Waals surface area (Å²) in [7, 11) is 0. The zero-order chi connectivity index (χ0) is 14.7. The van der Waals surface area contributed by atoms with Gasteiger partial charge in [-0.15, -0.1) is 0 Å². The van der Waals surface area contributed by atoms with Gasteiger partial charge in [-0.2, -0.15) is 39.5 Å². The summed E-state index contributed by atoms with van der Waals surface area (Å²) in [5.41, 5.74) is 0. The van der Waals surface area contributed by atoms with Crippen molar-refractivity contribution >= 4 is 0 Å². The fourth-order valence-corrected chi connectivity index (χ4v) is 1.97. The van der Waals surface area contributed by atoms with E-state index in [1.165, 1.54) is 0 Å². The molecule has 2 atom stereocenters. The van der Waals surface area contributed by atoms with Gasteiger partial charge in [0, 0.05) is 0 Å². The first-order chi connectivity index (χ1) is 7.61. The standard InChI is InChI=1S/C7H3F11/c8-4(9)2(6(13,14)15)1(5(10,11)12)3(4)7(16,17)18/h1-3H. The molecule has 0 aromatic rings. The van der Waals surface area contributed by atoms with E-state index in [0.717, 1.165) is 0 Å². The lowest BCUT2D eigenvalue weighted by molar-refractivity contribution is -0.432. The van der Waals surface area contributed by atoms with Crippen molar-refractivity contribution in [2.24, 2.45) is 17.8 Å². The van der Waals surface area contributed by atoms with Crippen molar-refractivity contribution in [2.45, 2.75) is 24.5 Å². The first-order valence-corrected chi connectivity index (χ1v) is 4.19. The predicted molar refractivity (Wildman–Crippen MR) is 33.6 cm³/mol. The highest BCUT2D eigenvalue weighted by molar-refractivity contribution is 5.11. The third-order valence-electron chi connectivity index (χ3n) is 2.63. The van der Waals surface area contributed by atoms with Gasteiger partial charge in [-0.1, -0.05) is 0 Å². The Balaban J connectivity index is 3.24. The Kier molecular flexibility index (Phi) is 3.08. The molecule has 0 aromatic carbocycles. The molecule has 0 bridgehead atoms. The summed E-state index contributed by atoms with van der Waals surface area (Å²) in [6, 6.07) is 0. The van der Waals surface area contributed by atoms with Crippen LogP contribution in [0, 0.1) is 17.8 Å². The molecule has 108 valence electrons. The number of hydrogen-bond acceptors (Lipinski definition) is 0. The second-order valence-corrected chi connectivity index (χ2v) is 3.78. The van der Waals surface area contributed by atoms with Crippen LogP contribution in [0.4, 0.5) is 48.3 Å². The highest BCUT2D eigenvalue weighted by Crippen LogP contribution is 2.67. The fourth-order valence-electron chi connectivity index (χ4n) is 1.97. The van der Waals surface area contributed by atoms with Gasteiger partial charge in [-0.25, -0.2) is 8.78 Å². The quantitative estimate of drug-likeness (QED) is 0.588. The Morgan fingerprint density at radius 2 is 0.833 bits per heavy atom. The molecule has 1 aliphatic carbocycles. The van der Waals surface area contributed by atoms with Crippen molar-refractivity contribution < 1.29 is 48.3 Å². The average Bonchev–Trinajstić information content (AvgIpc) is 1.91. The van der Waals surface area contributed by atoms with Gasteiger partial charge < -0.3 is 0 Å². The van der Waals surface area contributed by atoms with Gasteiger partial charge in [0.15, 0.2) is 0 Å². The Morgan fingerprint density at radius 3 is 1.00 bits per heavy atom. The van der Waals surface area contributed by atoms with Gasteiger partial charge in [-0.3, -0.25) is 0 Å². The lowest BCUT2D eigenvalue weighted by atomic mass is 9.60. The van der Waals surface area contributed by atoms with Crippen LogP contribution in [0.3, 0.4) is 0 Å². The Labute approximate surface area is 91.7 Å². The van der Waals surface area contributed by atoms with Gasteiger partial charge in [0.1, 0.15) is 11.8 Å². The Morgan fingerprint density at radius 1 is 0.556 bits per heavy atom. The summed E-state index contributed by atoms with van der Waals surface area (Å²) < 4.78 is 134. The number of alkyl halides is 11. The van der Waals surface area contributed by atoms with Crippen LogP contribution in [0.15, 0.2) is 0 Å². The number of halogens is 11. The first-order valence-electron chi connectivity index (χ1n) is 4.19. The zero-order valence-corrected chi connectivity index (χ0v) is 7.89. The van der Waals surface area contributed by atoms with E-state index >= 15 is 0 Å². The molecule has 0 spiro atoms. The number of hydrogen-bond donors (Lipinski definition) is 0. The van der Waals surface area contributed by atoms with E-state index in [2.05, 4.69) is 0 Å². The Bertz CT molecular complexity index is 294. The molecule has 18 heavy (non-hydrogen) atoms. The van der Waals surface area contributed by atoms with E-state index in [0.29, 0.717) is 0 Å². The molecule has 0 radical (unpaired) electrons. The van der Waals surface area contributed by atoms with E-state index in [-0.39, 0.29) is 0 Å². The highest BCUT2D eigenvalue weighted by atomic mass is 19.4. The molecule has 1 rings (SSSR count). The van der Waals surface area contributed by atoms with Crippen LogP contribution in [0.25, 0.3) is 0 Å². The average molecular weight is 296 g/mol. The summed E-state index contributed by atoms with van der Waals surface area (Å²) >= 11 is 0. The van der Waals surface area contributed by atoms with Crippen LogP contribution in [0.1, 0.15) is 0 Å². The number of rotatable bonds is 0. The van der Waals surface area contributed by atoms with E-state index < -0.39 is 42.2 Å². The van der Waals surface area contributed by atoms with Crippen molar-refractivity contribution in [3.63, 3.8) is 0 Å². The molecule has 0 saturated heterocycles. The third kappa shape index (κ3) is 2.22. The summed E-state index contributed by atoms with van der Waals surface area (Å²) in [6.45, 7) is 0. The molecule has 0 nitrogen and oxygen atoms in total. The molecular weight excluding hydrogens is 293 g/mol. The molecule has 0 heterocycles. The second-order valence-electron chi connectivity index (χ2n) is 3.78. The molecule has 0 N–H and O–H groups in total. The van der Waals surface area contributed by atoms with E-state index in [9.17, 15) is 48.3 Å². The maximum Gasteiger partial charge on any atom is 0.398 e. The summed E-state index contributed by atoms with van der Waals surface area (Å²) in [5, 5.41) is 0.